The van der Waals surface area contributed by atoms with Gasteiger partial charge in [0.2, 0.25) is 5.37 Å². The van der Waals surface area contributed by atoms with Crippen LogP contribution in [0.5, 0.6) is 0 Å². The molecule has 0 spiro atoms. The Hall–Kier alpha value is -2.65. The van der Waals surface area contributed by atoms with Crippen LogP contribution in [0.25, 0.3) is 0 Å². The molecule has 9 heteroatoms. The summed E-state index contributed by atoms with van der Waals surface area (Å²) < 4.78 is 17.3. The summed E-state index contributed by atoms with van der Waals surface area (Å²) in [6.45, 7) is 1.60. The van der Waals surface area contributed by atoms with Gasteiger partial charge in [-0.2, -0.15) is 0 Å². The Morgan fingerprint density at radius 3 is 2.27 bits per heavy atom. The first-order valence-corrected chi connectivity index (χ1v) is 9.22. The molecule has 26 heavy (non-hydrogen) atoms. The number of carbonyl (C=O) groups is 4. The van der Waals surface area contributed by atoms with E-state index in [1.54, 1.807) is 19.1 Å². The number of ether oxygens (including phenoxy) is 1. The third-order valence-corrected chi connectivity index (χ3v) is 6.50. The highest BCUT2D eigenvalue weighted by Crippen LogP contribution is 2.41. The fourth-order valence-electron chi connectivity index (χ4n) is 3.59. The maximum absolute atomic E-state index is 12.8. The van der Waals surface area contributed by atoms with E-state index in [1.807, 2.05) is 0 Å². The van der Waals surface area contributed by atoms with Gasteiger partial charge < -0.3 is 9.29 Å². The lowest BCUT2D eigenvalue weighted by Gasteiger charge is -2.50. The van der Waals surface area contributed by atoms with Crippen molar-refractivity contribution in [2.45, 2.75) is 18.3 Å². The van der Waals surface area contributed by atoms with Gasteiger partial charge in [0, 0.05) is 5.57 Å². The van der Waals surface area contributed by atoms with Crippen molar-refractivity contribution in [1.29, 1.82) is 0 Å². The lowest BCUT2D eigenvalue weighted by molar-refractivity contribution is -0.153. The molecule has 4 rings (SSSR count). The Morgan fingerprint density at radius 1 is 1.15 bits per heavy atom. The largest absolute Gasteiger partial charge is 0.614 e. The van der Waals surface area contributed by atoms with Crippen molar-refractivity contribution >= 4 is 34.9 Å². The number of esters is 1. The molecule has 3 heterocycles. The van der Waals surface area contributed by atoms with Crippen LogP contribution in [0.1, 0.15) is 27.6 Å². The predicted octanol–water partition coefficient (Wildman–Crippen LogP) is 0.0288. The van der Waals surface area contributed by atoms with E-state index in [2.05, 4.69) is 0 Å². The second-order valence-corrected chi connectivity index (χ2v) is 7.75. The first kappa shape index (κ1) is 16.8. The summed E-state index contributed by atoms with van der Waals surface area (Å²) in [6, 6.07) is 5.10. The monoisotopic (exact) mass is 374 g/mol. The van der Waals surface area contributed by atoms with Crippen molar-refractivity contribution in [2.75, 3.05) is 12.9 Å². The van der Waals surface area contributed by atoms with Crippen LogP contribution in [0.4, 0.5) is 0 Å². The Morgan fingerprint density at radius 2 is 1.73 bits per heavy atom. The number of rotatable bonds is 2. The molecule has 3 amide bonds. The maximum Gasteiger partial charge on any atom is 0.355 e. The van der Waals surface area contributed by atoms with E-state index in [-0.39, 0.29) is 22.6 Å². The van der Waals surface area contributed by atoms with Crippen LogP contribution in [0.2, 0.25) is 0 Å². The van der Waals surface area contributed by atoms with Gasteiger partial charge in [-0.15, -0.1) is 0 Å². The van der Waals surface area contributed by atoms with Crippen molar-refractivity contribution in [3.05, 3.63) is 46.7 Å². The lowest BCUT2D eigenvalue weighted by Crippen LogP contribution is -2.75. The molecule has 1 aromatic rings. The van der Waals surface area contributed by atoms with E-state index in [9.17, 15) is 23.7 Å². The molecule has 0 aromatic heterocycles. The molecule has 0 bridgehead atoms. The Labute approximate surface area is 151 Å². The molecule has 134 valence electrons. The summed E-state index contributed by atoms with van der Waals surface area (Å²) in [4.78, 5) is 52.0. The summed E-state index contributed by atoms with van der Waals surface area (Å²) in [5.41, 5.74) is 0.936. The van der Waals surface area contributed by atoms with Gasteiger partial charge in [-0.3, -0.25) is 24.2 Å². The standard InChI is InChI=1S/C17H14N2O6S/c1-8-7-26(24)16-12(15(22)19(16)11(8)17(23)25-2)18-13(20)9-5-3-4-6-10(9)14(18)21/h3-6,12,16H,7H2,1-2H3/t12?,16-,26?/m1/s1. The zero-order chi connectivity index (χ0) is 18.7. The number of amides is 3. The zero-order valence-corrected chi connectivity index (χ0v) is 14.7. The van der Waals surface area contributed by atoms with Crippen molar-refractivity contribution < 1.29 is 28.5 Å². The highest BCUT2D eigenvalue weighted by molar-refractivity contribution is 7.92. The molecule has 1 aromatic carbocycles. The Kier molecular flexibility index (Phi) is 3.67. The van der Waals surface area contributed by atoms with Crippen LogP contribution in [0.15, 0.2) is 35.5 Å². The van der Waals surface area contributed by atoms with Crippen molar-refractivity contribution in [1.82, 2.24) is 9.80 Å². The van der Waals surface area contributed by atoms with Crippen LogP contribution in [0.3, 0.4) is 0 Å². The first-order valence-electron chi connectivity index (χ1n) is 7.83. The van der Waals surface area contributed by atoms with Gasteiger partial charge in [0.1, 0.15) is 11.4 Å². The van der Waals surface area contributed by atoms with Gasteiger partial charge >= 0.3 is 5.97 Å². The van der Waals surface area contributed by atoms with Gasteiger partial charge in [0.25, 0.3) is 17.7 Å². The van der Waals surface area contributed by atoms with Crippen molar-refractivity contribution in [2.24, 2.45) is 0 Å². The van der Waals surface area contributed by atoms with Gasteiger partial charge in [-0.05, 0) is 30.2 Å². The average molecular weight is 374 g/mol. The third kappa shape index (κ3) is 2.01. The molecule has 1 saturated heterocycles. The summed E-state index contributed by atoms with van der Waals surface area (Å²) in [5.74, 6) is -2.44. The number of carbonyl (C=O) groups excluding carboxylic acids is 4. The molecular weight excluding hydrogens is 360 g/mol. The molecule has 0 saturated carbocycles. The second kappa shape index (κ2) is 5.68. The van der Waals surface area contributed by atoms with Gasteiger partial charge in [0.15, 0.2) is 6.04 Å². The van der Waals surface area contributed by atoms with Gasteiger partial charge in [-0.1, -0.05) is 12.1 Å². The van der Waals surface area contributed by atoms with E-state index < -0.39 is 46.3 Å². The van der Waals surface area contributed by atoms with Crippen LogP contribution in [-0.4, -0.2) is 62.3 Å². The summed E-state index contributed by atoms with van der Waals surface area (Å²) in [6.07, 6.45) is 0. The molecule has 3 aliphatic rings. The number of hydrogen-bond acceptors (Lipinski definition) is 6. The number of benzene rings is 1. The maximum atomic E-state index is 12.8. The number of imide groups is 1. The number of fused-ring (bicyclic) bond motifs is 2. The highest BCUT2D eigenvalue weighted by Gasteiger charge is 2.65. The summed E-state index contributed by atoms with van der Waals surface area (Å²) >= 11 is -1.55. The van der Waals surface area contributed by atoms with Gasteiger partial charge in [-0.25, -0.2) is 4.79 Å². The fourth-order valence-corrected chi connectivity index (χ4v) is 5.29. The molecule has 0 aliphatic carbocycles. The normalized spacial score (nSPS) is 27.3. The van der Waals surface area contributed by atoms with Crippen LogP contribution in [0, 0.1) is 0 Å². The minimum absolute atomic E-state index is 0.0370. The molecule has 0 radical (unpaired) electrons. The lowest BCUT2D eigenvalue weighted by atomic mass is 10.0. The average Bonchev–Trinajstić information content (AvgIpc) is 2.87. The Bertz CT molecular complexity index is 875. The fraction of sp³-hybridized carbons (Fsp3) is 0.294. The van der Waals surface area contributed by atoms with Gasteiger partial charge in [0.05, 0.1) is 18.2 Å². The Balaban J connectivity index is 1.72. The summed E-state index contributed by atoms with van der Waals surface area (Å²) in [5, 5.41) is -0.942. The van der Waals surface area contributed by atoms with Crippen LogP contribution >= 0.6 is 0 Å². The number of β-lactam (4-membered cyclic amide) rings is 1. The molecular formula is C17H14N2O6S. The predicted molar refractivity (Wildman–Crippen MR) is 89.1 cm³/mol. The smallest absolute Gasteiger partial charge is 0.355 e. The second-order valence-electron chi connectivity index (χ2n) is 6.22. The van der Waals surface area contributed by atoms with E-state index in [1.165, 1.54) is 19.2 Å². The first-order chi connectivity index (χ1) is 12.4. The highest BCUT2D eigenvalue weighted by atomic mass is 32.2. The zero-order valence-electron chi connectivity index (χ0n) is 13.9. The SMILES string of the molecule is COC(=O)C1=C(C)C[S+]([O-])[C@@H]2C(N3C(=O)c4ccccc4C3=O)C(=O)N12. The van der Waals surface area contributed by atoms with Crippen LogP contribution < -0.4 is 0 Å². The molecule has 3 aliphatic heterocycles. The third-order valence-electron chi connectivity index (χ3n) is 4.77. The quantitative estimate of drug-likeness (QED) is 0.313. The van der Waals surface area contributed by atoms with E-state index in [0.29, 0.717) is 5.57 Å². The van der Waals surface area contributed by atoms with E-state index in [4.69, 9.17) is 4.74 Å². The number of hydrogen-bond donors (Lipinski definition) is 0. The van der Waals surface area contributed by atoms with E-state index >= 15 is 0 Å². The molecule has 2 unspecified atom stereocenters. The number of methoxy groups -OCH3 is 1. The van der Waals surface area contributed by atoms with Crippen LogP contribution in [-0.2, 0) is 25.5 Å². The molecule has 1 fully saturated rings. The molecule has 8 nitrogen and oxygen atoms in total. The van der Waals surface area contributed by atoms with E-state index in [0.717, 1.165) is 9.80 Å². The van der Waals surface area contributed by atoms with Crippen molar-refractivity contribution in [3.63, 3.8) is 0 Å². The summed E-state index contributed by atoms with van der Waals surface area (Å²) in [7, 11) is 1.19. The minimum atomic E-state index is -1.55. The molecule has 3 atom stereocenters. The molecule has 0 N–H and O–H groups in total. The minimum Gasteiger partial charge on any atom is -0.614 e. The number of nitrogens with zero attached hydrogens (tertiary/aromatic N) is 2. The van der Waals surface area contributed by atoms with Crippen molar-refractivity contribution in [3.8, 4) is 0 Å². The topological polar surface area (TPSA) is 107 Å².